The normalized spacial score (nSPS) is 10.6. The Morgan fingerprint density at radius 1 is 0.595 bits per heavy atom. The van der Waals surface area contributed by atoms with Crippen molar-refractivity contribution in [2.75, 3.05) is 39.3 Å². The van der Waals surface area contributed by atoms with Gasteiger partial charge in [-0.15, -0.1) is 0 Å². The van der Waals surface area contributed by atoms with E-state index in [1.54, 1.807) is 55.0 Å². The smallest absolute Gasteiger partial charge is 0.254 e. The lowest BCUT2D eigenvalue weighted by molar-refractivity contribution is 0.0947. The Morgan fingerprint density at radius 3 is 1.16 bits per heavy atom. The van der Waals surface area contributed by atoms with Gasteiger partial charge in [0.1, 0.15) is 13.9 Å². The van der Waals surface area contributed by atoms with Crippen molar-refractivity contribution in [3.63, 3.8) is 0 Å². The molecule has 13 heteroatoms. The van der Waals surface area contributed by atoms with Crippen LogP contribution in [0.1, 0.15) is 31.1 Å². The van der Waals surface area contributed by atoms with Gasteiger partial charge in [0.2, 0.25) is 0 Å². The number of amides is 3. The van der Waals surface area contributed by atoms with Crippen molar-refractivity contribution >= 4 is 54.4 Å². The summed E-state index contributed by atoms with van der Waals surface area (Å²) in [7, 11) is 0. The monoisotopic (exact) mass is 557 g/mol. The highest BCUT2D eigenvalue weighted by molar-refractivity contribution is 7.71. The summed E-state index contributed by atoms with van der Waals surface area (Å²) in [5, 5.41) is 8.57. The van der Waals surface area contributed by atoms with Crippen LogP contribution in [-0.4, -0.2) is 76.8 Å². The number of nitrogens with one attached hydrogen (secondary N) is 6. The molecule has 3 heterocycles. The summed E-state index contributed by atoms with van der Waals surface area (Å²) in [6.45, 7) is 2.49. The van der Waals surface area contributed by atoms with Crippen molar-refractivity contribution in [2.45, 2.75) is 0 Å². The number of nitrogens with zero attached hydrogens (tertiary/aromatic N) is 1. The molecule has 3 amide bonds. The minimum absolute atomic E-state index is 0.278. The highest BCUT2D eigenvalue weighted by atomic mass is 32.1. The Hall–Kier alpha value is -3.52. The van der Waals surface area contributed by atoms with Crippen molar-refractivity contribution < 1.29 is 14.4 Å². The summed E-state index contributed by atoms with van der Waals surface area (Å²) in [5.74, 6) is -0.833. The number of hydrogen-bond donors (Lipinski definition) is 6. The van der Waals surface area contributed by atoms with Crippen molar-refractivity contribution in [3.8, 4) is 0 Å². The number of pyridine rings is 3. The Kier molecular flexibility index (Phi) is 10.8. The number of rotatable bonds is 12. The largest absolute Gasteiger partial charge is 0.352 e. The van der Waals surface area contributed by atoms with Gasteiger partial charge in [-0.05, 0) is 36.4 Å². The summed E-state index contributed by atoms with van der Waals surface area (Å²) < 4.78 is 1.09. The van der Waals surface area contributed by atoms with Crippen LogP contribution in [0.15, 0.2) is 55.0 Å². The lowest BCUT2D eigenvalue weighted by atomic mass is 10.2. The van der Waals surface area contributed by atoms with Gasteiger partial charge >= 0.3 is 0 Å². The highest BCUT2D eigenvalue weighted by Gasteiger charge is 2.12. The second-order valence-corrected chi connectivity index (χ2v) is 9.07. The van der Waals surface area contributed by atoms with E-state index in [9.17, 15) is 14.4 Å². The van der Waals surface area contributed by atoms with Crippen LogP contribution in [0.4, 0.5) is 0 Å². The van der Waals surface area contributed by atoms with E-state index in [0.29, 0.717) is 69.9 Å². The molecule has 6 N–H and O–H groups in total. The van der Waals surface area contributed by atoms with Crippen molar-refractivity contribution in [2.24, 2.45) is 0 Å². The maximum Gasteiger partial charge on any atom is 0.254 e. The molecule has 3 rings (SSSR count). The zero-order valence-corrected chi connectivity index (χ0v) is 22.3. The van der Waals surface area contributed by atoms with Gasteiger partial charge < -0.3 is 30.9 Å². The molecule has 0 fully saturated rings. The zero-order valence-electron chi connectivity index (χ0n) is 19.8. The fourth-order valence-corrected chi connectivity index (χ4v) is 4.09. The molecule has 0 radical (unpaired) electrons. The molecule has 0 saturated heterocycles. The van der Waals surface area contributed by atoms with Gasteiger partial charge in [0.25, 0.3) is 17.7 Å². The van der Waals surface area contributed by atoms with Gasteiger partial charge in [-0.25, -0.2) is 0 Å². The van der Waals surface area contributed by atoms with E-state index in [1.807, 2.05) is 4.90 Å². The summed E-state index contributed by atoms with van der Waals surface area (Å²) in [6, 6.07) is 10.1. The predicted molar refractivity (Wildman–Crippen MR) is 148 cm³/mol. The minimum Gasteiger partial charge on any atom is -0.352 e. The fraction of sp³-hybridized carbons (Fsp3) is 0.250. The lowest BCUT2D eigenvalue weighted by Crippen LogP contribution is -2.43. The number of aromatic nitrogens is 3. The van der Waals surface area contributed by atoms with Gasteiger partial charge in [-0.3, -0.25) is 19.3 Å². The molecule has 37 heavy (non-hydrogen) atoms. The first kappa shape index (κ1) is 28.1. The number of H-pyrrole nitrogens is 3. The van der Waals surface area contributed by atoms with Crippen LogP contribution in [0.3, 0.4) is 0 Å². The van der Waals surface area contributed by atoms with Crippen LogP contribution in [-0.2, 0) is 0 Å². The average Bonchev–Trinajstić information content (AvgIpc) is 2.89. The molecule has 3 aromatic rings. The number of carbonyl (C=O) groups is 3. The average molecular weight is 558 g/mol. The highest BCUT2D eigenvalue weighted by Crippen LogP contribution is 2.01. The van der Waals surface area contributed by atoms with Gasteiger partial charge in [0.15, 0.2) is 0 Å². The molecule has 194 valence electrons. The molecule has 0 aliphatic rings. The summed E-state index contributed by atoms with van der Waals surface area (Å²) in [5.41, 5.74) is 1.17. The first-order valence-electron chi connectivity index (χ1n) is 11.5. The maximum atomic E-state index is 12.5. The first-order valence-corrected chi connectivity index (χ1v) is 12.7. The maximum absolute atomic E-state index is 12.5. The number of hydrogen-bond acceptors (Lipinski definition) is 7. The van der Waals surface area contributed by atoms with Crippen LogP contribution in [0, 0.1) is 13.9 Å². The second-order valence-electron chi connectivity index (χ2n) is 7.85. The minimum atomic E-state index is -0.278. The van der Waals surface area contributed by atoms with Gasteiger partial charge in [-0.2, -0.15) is 0 Å². The van der Waals surface area contributed by atoms with Crippen molar-refractivity contribution in [3.05, 3.63) is 85.6 Å². The third-order valence-electron chi connectivity index (χ3n) is 5.33. The lowest BCUT2D eigenvalue weighted by Gasteiger charge is -2.23. The van der Waals surface area contributed by atoms with Gasteiger partial charge in [-0.1, -0.05) is 36.7 Å². The third-order valence-corrected chi connectivity index (χ3v) is 6.34. The van der Waals surface area contributed by atoms with E-state index >= 15 is 0 Å². The number of aromatic amines is 3. The van der Waals surface area contributed by atoms with E-state index in [2.05, 4.69) is 30.9 Å². The molecular formula is C24H27N7O3S3. The summed E-state index contributed by atoms with van der Waals surface area (Å²) in [4.78, 5) is 48.0. The summed E-state index contributed by atoms with van der Waals surface area (Å²) >= 11 is 15.5. The Morgan fingerprint density at radius 2 is 0.892 bits per heavy atom. The molecule has 0 bridgehead atoms. The quantitative estimate of drug-likeness (QED) is 0.188. The molecule has 0 atom stereocenters. The Labute approximate surface area is 228 Å². The zero-order chi connectivity index (χ0) is 26.6. The van der Waals surface area contributed by atoms with E-state index in [4.69, 9.17) is 36.7 Å². The molecule has 0 unspecified atom stereocenters. The molecule has 10 nitrogen and oxygen atoms in total. The SMILES string of the molecule is O=C(NCCN(CCNC(=O)c1ccc[nH]c1=S)CCNC(=O)c1ccc[nH]c1=S)c1ccc[nH]c1=S. The first-order chi connectivity index (χ1) is 17.9. The van der Waals surface area contributed by atoms with Crippen molar-refractivity contribution in [1.82, 2.24) is 35.8 Å². The fourth-order valence-electron chi connectivity index (χ4n) is 3.40. The van der Waals surface area contributed by atoms with Gasteiger partial charge in [0, 0.05) is 57.9 Å². The second kappa shape index (κ2) is 14.3. The van der Waals surface area contributed by atoms with E-state index < -0.39 is 0 Å². The molecule has 0 aromatic carbocycles. The van der Waals surface area contributed by atoms with E-state index in [0.717, 1.165) is 0 Å². The molecule has 0 aliphatic carbocycles. The molecular weight excluding hydrogens is 531 g/mol. The molecule has 0 spiro atoms. The van der Waals surface area contributed by atoms with E-state index in [1.165, 1.54) is 0 Å². The Balaban J connectivity index is 1.55. The molecule has 0 saturated carbocycles. The van der Waals surface area contributed by atoms with Crippen LogP contribution in [0.25, 0.3) is 0 Å². The molecule has 0 aliphatic heterocycles. The van der Waals surface area contributed by atoms with Gasteiger partial charge in [0.05, 0.1) is 16.7 Å². The van der Waals surface area contributed by atoms with Crippen LogP contribution >= 0.6 is 36.7 Å². The van der Waals surface area contributed by atoms with Crippen LogP contribution in [0.2, 0.25) is 0 Å². The molecule has 3 aromatic heterocycles. The van der Waals surface area contributed by atoms with E-state index in [-0.39, 0.29) is 17.7 Å². The topological polar surface area (TPSA) is 138 Å². The predicted octanol–water partition coefficient (Wildman–Crippen LogP) is 2.75. The van der Waals surface area contributed by atoms with Crippen LogP contribution < -0.4 is 16.0 Å². The Bertz CT molecular complexity index is 1250. The van der Waals surface area contributed by atoms with Crippen molar-refractivity contribution in [1.29, 1.82) is 0 Å². The third kappa shape index (κ3) is 8.53. The van der Waals surface area contributed by atoms with Crippen LogP contribution in [0.5, 0.6) is 0 Å². The number of carbonyl (C=O) groups excluding carboxylic acids is 3. The standard InChI is InChI=1S/C24H27N7O3S3/c32-19(16-4-1-7-28-22(16)35)25-10-13-31(14-11-26-20(33)17-5-2-8-29-23(17)36)15-12-27-21(34)18-6-3-9-30-24(18)37/h1-9H,10-15H2,(H,25,32)(H,26,33)(H,27,34)(H,28,35)(H,29,36)(H,30,37). The summed E-state index contributed by atoms with van der Waals surface area (Å²) in [6.07, 6.45) is 4.98.